The molecule has 0 radical (unpaired) electrons. The van der Waals surface area contributed by atoms with Gasteiger partial charge in [-0.1, -0.05) is 17.7 Å². The molecule has 3 rings (SSSR count). The molecule has 1 aromatic carbocycles. The average Bonchev–Trinajstić information content (AvgIpc) is 3.19. The maximum Gasteiger partial charge on any atom is 0.267 e. The van der Waals surface area contributed by atoms with Crippen LogP contribution in [0.2, 0.25) is 0 Å². The highest BCUT2D eigenvalue weighted by Gasteiger charge is 2.44. The van der Waals surface area contributed by atoms with Crippen molar-refractivity contribution in [1.29, 1.82) is 0 Å². The van der Waals surface area contributed by atoms with Crippen molar-refractivity contribution in [2.75, 3.05) is 0 Å². The number of benzene rings is 1. The Labute approximate surface area is 152 Å². The molecule has 1 N–H and O–H groups in total. The Hall–Kier alpha value is -2.61. The minimum absolute atomic E-state index is 0.00203. The monoisotopic (exact) mass is 376 g/mol. The second kappa shape index (κ2) is 6.95. The SMILES string of the molecule is Cc1ccc(S(=O)(=O)N2C(=O)CCC2C(=O)NCc2ccc(C)o2)cc1. The predicted octanol–water partition coefficient (Wildman–Crippen LogP) is 1.89. The molecule has 1 fully saturated rings. The molecule has 2 aromatic rings. The van der Waals surface area contributed by atoms with Gasteiger partial charge in [0.2, 0.25) is 11.8 Å². The molecule has 1 saturated heterocycles. The molecular formula is C18H20N2O5S. The quantitative estimate of drug-likeness (QED) is 0.860. The van der Waals surface area contributed by atoms with Gasteiger partial charge in [-0.15, -0.1) is 0 Å². The first-order valence-electron chi connectivity index (χ1n) is 8.26. The van der Waals surface area contributed by atoms with E-state index in [4.69, 9.17) is 4.42 Å². The first-order valence-corrected chi connectivity index (χ1v) is 9.70. The fraction of sp³-hybridized carbons (Fsp3) is 0.333. The van der Waals surface area contributed by atoms with Crippen LogP contribution in [0.3, 0.4) is 0 Å². The second-order valence-corrected chi connectivity index (χ2v) is 8.11. The highest BCUT2D eigenvalue weighted by molar-refractivity contribution is 7.89. The van der Waals surface area contributed by atoms with E-state index in [0.717, 1.165) is 5.56 Å². The van der Waals surface area contributed by atoms with Crippen LogP contribution in [0.15, 0.2) is 45.7 Å². The van der Waals surface area contributed by atoms with Gasteiger partial charge in [0, 0.05) is 6.42 Å². The Morgan fingerprint density at radius 2 is 1.88 bits per heavy atom. The van der Waals surface area contributed by atoms with Gasteiger partial charge in [0.15, 0.2) is 0 Å². The summed E-state index contributed by atoms with van der Waals surface area (Å²) in [6.45, 7) is 3.76. The minimum atomic E-state index is -4.08. The molecule has 8 heteroatoms. The zero-order chi connectivity index (χ0) is 18.9. The molecule has 7 nitrogen and oxygen atoms in total. The fourth-order valence-corrected chi connectivity index (χ4v) is 4.50. The van der Waals surface area contributed by atoms with E-state index < -0.39 is 27.9 Å². The minimum Gasteiger partial charge on any atom is -0.465 e. The van der Waals surface area contributed by atoms with Crippen molar-refractivity contribution in [2.45, 2.75) is 44.2 Å². The van der Waals surface area contributed by atoms with E-state index >= 15 is 0 Å². The Bertz CT molecular complexity index is 931. The van der Waals surface area contributed by atoms with E-state index in [1.807, 2.05) is 6.92 Å². The standard InChI is InChI=1S/C18H20N2O5S/c1-12-3-7-15(8-4-12)26(23,24)20-16(9-10-17(20)21)18(22)19-11-14-6-5-13(2)25-14/h3-8,16H,9-11H2,1-2H3,(H,19,22). The number of amides is 2. The number of carbonyl (C=O) groups is 2. The molecule has 1 aliphatic rings. The van der Waals surface area contributed by atoms with E-state index in [2.05, 4.69) is 5.32 Å². The maximum absolute atomic E-state index is 12.9. The van der Waals surface area contributed by atoms with Crippen molar-refractivity contribution in [3.05, 3.63) is 53.5 Å². The smallest absolute Gasteiger partial charge is 0.267 e. The zero-order valence-corrected chi connectivity index (χ0v) is 15.4. The Kier molecular flexibility index (Phi) is 4.86. The van der Waals surface area contributed by atoms with Gasteiger partial charge >= 0.3 is 0 Å². The molecule has 138 valence electrons. The first kappa shape index (κ1) is 18.2. The van der Waals surface area contributed by atoms with Crippen LogP contribution in [0.25, 0.3) is 0 Å². The highest BCUT2D eigenvalue weighted by Crippen LogP contribution is 2.27. The normalized spacial score (nSPS) is 17.5. The third kappa shape index (κ3) is 3.50. The average molecular weight is 376 g/mol. The molecule has 0 bridgehead atoms. The lowest BCUT2D eigenvalue weighted by Crippen LogP contribution is -2.47. The van der Waals surface area contributed by atoms with Gasteiger partial charge in [-0.2, -0.15) is 0 Å². The first-order chi connectivity index (χ1) is 12.3. The third-order valence-corrected chi connectivity index (χ3v) is 6.12. The Morgan fingerprint density at radius 3 is 2.50 bits per heavy atom. The molecule has 0 aliphatic carbocycles. The van der Waals surface area contributed by atoms with Crippen molar-refractivity contribution < 1.29 is 22.4 Å². The number of hydrogen-bond acceptors (Lipinski definition) is 5. The van der Waals surface area contributed by atoms with Crippen LogP contribution < -0.4 is 5.32 Å². The molecule has 1 unspecified atom stereocenters. The van der Waals surface area contributed by atoms with Gasteiger partial charge in [-0.05, 0) is 44.5 Å². The third-order valence-electron chi connectivity index (χ3n) is 4.27. The molecule has 0 spiro atoms. The topological polar surface area (TPSA) is 96.7 Å². The number of furan rings is 1. The van der Waals surface area contributed by atoms with Crippen molar-refractivity contribution >= 4 is 21.8 Å². The number of rotatable bonds is 5. The molecular weight excluding hydrogens is 356 g/mol. The highest BCUT2D eigenvalue weighted by atomic mass is 32.2. The molecule has 26 heavy (non-hydrogen) atoms. The number of nitrogens with one attached hydrogen (secondary N) is 1. The number of sulfonamides is 1. The van der Waals surface area contributed by atoms with Crippen molar-refractivity contribution in [3.8, 4) is 0 Å². The summed E-state index contributed by atoms with van der Waals surface area (Å²) in [6.07, 6.45) is 0.177. The zero-order valence-electron chi connectivity index (χ0n) is 14.6. The lowest BCUT2D eigenvalue weighted by molar-refractivity contribution is -0.130. The summed E-state index contributed by atoms with van der Waals surface area (Å²) < 4.78 is 31.8. The van der Waals surface area contributed by atoms with Crippen LogP contribution in [0.1, 0.15) is 29.9 Å². The van der Waals surface area contributed by atoms with Crippen LogP contribution in [0.5, 0.6) is 0 Å². The van der Waals surface area contributed by atoms with Gasteiger partial charge in [0.1, 0.15) is 17.6 Å². The summed E-state index contributed by atoms with van der Waals surface area (Å²) in [6, 6.07) is 8.65. The van der Waals surface area contributed by atoms with Crippen LogP contribution in [-0.2, 0) is 26.2 Å². The van der Waals surface area contributed by atoms with E-state index in [0.29, 0.717) is 15.8 Å². The second-order valence-electron chi connectivity index (χ2n) is 6.29. The molecule has 0 saturated carbocycles. The van der Waals surface area contributed by atoms with Gasteiger partial charge in [0.25, 0.3) is 10.0 Å². The molecule has 1 aliphatic heterocycles. The number of hydrogen-bond donors (Lipinski definition) is 1. The van der Waals surface area contributed by atoms with E-state index in [1.54, 1.807) is 31.2 Å². The lowest BCUT2D eigenvalue weighted by Gasteiger charge is -2.23. The molecule has 1 atom stereocenters. The maximum atomic E-state index is 12.9. The van der Waals surface area contributed by atoms with E-state index in [1.165, 1.54) is 12.1 Å². The molecule has 2 heterocycles. The summed E-state index contributed by atoms with van der Waals surface area (Å²) in [5, 5.41) is 2.65. The summed E-state index contributed by atoms with van der Waals surface area (Å²) in [4.78, 5) is 24.7. The summed E-state index contributed by atoms with van der Waals surface area (Å²) in [7, 11) is -4.08. The van der Waals surface area contributed by atoms with E-state index in [9.17, 15) is 18.0 Å². The predicted molar refractivity (Wildman–Crippen MR) is 93.5 cm³/mol. The van der Waals surface area contributed by atoms with Crippen LogP contribution in [-0.4, -0.2) is 30.6 Å². The van der Waals surface area contributed by atoms with Crippen LogP contribution >= 0.6 is 0 Å². The Balaban J connectivity index is 1.79. The van der Waals surface area contributed by atoms with Gasteiger partial charge in [-0.25, -0.2) is 12.7 Å². The fourth-order valence-electron chi connectivity index (χ4n) is 2.90. The Morgan fingerprint density at radius 1 is 1.19 bits per heavy atom. The van der Waals surface area contributed by atoms with Crippen LogP contribution in [0, 0.1) is 13.8 Å². The van der Waals surface area contributed by atoms with E-state index in [-0.39, 0.29) is 24.3 Å². The number of nitrogens with zero attached hydrogens (tertiary/aromatic N) is 1. The number of carbonyl (C=O) groups excluding carboxylic acids is 2. The van der Waals surface area contributed by atoms with Gasteiger partial charge in [-0.3, -0.25) is 9.59 Å². The van der Waals surface area contributed by atoms with Gasteiger partial charge < -0.3 is 9.73 Å². The number of aryl methyl sites for hydroxylation is 2. The largest absolute Gasteiger partial charge is 0.465 e. The van der Waals surface area contributed by atoms with Crippen molar-refractivity contribution in [2.24, 2.45) is 0 Å². The molecule has 1 aromatic heterocycles. The lowest BCUT2D eigenvalue weighted by atomic mass is 10.2. The van der Waals surface area contributed by atoms with Crippen LogP contribution in [0.4, 0.5) is 0 Å². The van der Waals surface area contributed by atoms with Gasteiger partial charge in [0.05, 0.1) is 11.4 Å². The van der Waals surface area contributed by atoms with Crippen molar-refractivity contribution in [3.63, 3.8) is 0 Å². The molecule has 2 amide bonds. The summed E-state index contributed by atoms with van der Waals surface area (Å²) >= 11 is 0. The van der Waals surface area contributed by atoms with Crippen molar-refractivity contribution in [1.82, 2.24) is 9.62 Å². The summed E-state index contributed by atoms with van der Waals surface area (Å²) in [5.41, 5.74) is 0.903. The summed E-state index contributed by atoms with van der Waals surface area (Å²) in [5.74, 6) is 0.196.